The Kier molecular flexibility index (Phi) is 7.67. The summed E-state index contributed by atoms with van der Waals surface area (Å²) in [6.45, 7) is 11.8. The Morgan fingerprint density at radius 1 is 1.20 bits per heavy atom. The number of terminal acetylenes is 1. The molecule has 0 amide bonds. The fourth-order valence-corrected chi connectivity index (χ4v) is 3.67. The first-order valence-corrected chi connectivity index (χ1v) is 8.63. The van der Waals surface area contributed by atoms with E-state index in [4.69, 9.17) is 6.42 Å². The summed E-state index contributed by atoms with van der Waals surface area (Å²) in [5, 5.41) is 3.64. The summed E-state index contributed by atoms with van der Waals surface area (Å²) in [6, 6.07) is 0. The van der Waals surface area contributed by atoms with E-state index in [0.717, 1.165) is 30.7 Å². The van der Waals surface area contributed by atoms with Gasteiger partial charge in [0.1, 0.15) is 0 Å². The zero-order chi connectivity index (χ0) is 15.0. The van der Waals surface area contributed by atoms with Gasteiger partial charge in [0.25, 0.3) is 0 Å². The van der Waals surface area contributed by atoms with Crippen molar-refractivity contribution in [2.75, 3.05) is 13.1 Å². The van der Waals surface area contributed by atoms with Crippen LogP contribution in [0.2, 0.25) is 0 Å². The van der Waals surface area contributed by atoms with Crippen LogP contribution in [0.25, 0.3) is 0 Å². The van der Waals surface area contributed by atoms with Crippen molar-refractivity contribution in [3.8, 4) is 12.3 Å². The van der Waals surface area contributed by atoms with Gasteiger partial charge in [0.2, 0.25) is 0 Å². The lowest BCUT2D eigenvalue weighted by atomic mass is 9.64. The minimum atomic E-state index is 0.464. The molecule has 0 saturated heterocycles. The van der Waals surface area contributed by atoms with Crippen molar-refractivity contribution in [1.29, 1.82) is 0 Å². The number of rotatable bonds is 7. The van der Waals surface area contributed by atoms with Crippen LogP contribution in [0.3, 0.4) is 0 Å². The topological polar surface area (TPSA) is 12.0 Å². The van der Waals surface area contributed by atoms with Crippen LogP contribution in [0.4, 0.5) is 0 Å². The van der Waals surface area contributed by atoms with E-state index in [1.54, 1.807) is 0 Å². The molecule has 116 valence electrons. The minimum Gasteiger partial charge on any atom is -0.316 e. The molecule has 0 heterocycles. The smallest absolute Gasteiger partial charge is 0.00861 e. The number of unbranched alkanes of at least 4 members (excludes halogenated alkanes) is 1. The van der Waals surface area contributed by atoms with Crippen molar-refractivity contribution < 1.29 is 0 Å². The molecule has 3 atom stereocenters. The van der Waals surface area contributed by atoms with Gasteiger partial charge in [-0.3, -0.25) is 0 Å². The van der Waals surface area contributed by atoms with Gasteiger partial charge < -0.3 is 5.32 Å². The van der Waals surface area contributed by atoms with Crippen LogP contribution in [0.1, 0.15) is 72.6 Å². The van der Waals surface area contributed by atoms with Gasteiger partial charge >= 0.3 is 0 Å². The summed E-state index contributed by atoms with van der Waals surface area (Å²) < 4.78 is 0. The lowest BCUT2D eigenvalue weighted by Crippen LogP contribution is -2.36. The summed E-state index contributed by atoms with van der Waals surface area (Å²) in [5.41, 5.74) is 0.464. The first-order valence-electron chi connectivity index (χ1n) is 8.63. The maximum atomic E-state index is 5.41. The molecule has 1 N–H and O–H groups in total. The Labute approximate surface area is 127 Å². The molecule has 0 aromatic rings. The van der Waals surface area contributed by atoms with Gasteiger partial charge in [-0.25, -0.2) is 0 Å². The SMILES string of the molecule is C#CCCCC1CC(C(C)(C)C)CCC1CNCCC. The van der Waals surface area contributed by atoms with Gasteiger partial charge in [0.15, 0.2) is 0 Å². The van der Waals surface area contributed by atoms with Crippen LogP contribution in [-0.4, -0.2) is 13.1 Å². The van der Waals surface area contributed by atoms with Crippen molar-refractivity contribution in [3.63, 3.8) is 0 Å². The number of nitrogens with one attached hydrogen (secondary N) is 1. The third-order valence-electron chi connectivity index (χ3n) is 5.09. The van der Waals surface area contributed by atoms with E-state index in [2.05, 4.69) is 38.9 Å². The monoisotopic (exact) mass is 277 g/mol. The Morgan fingerprint density at radius 2 is 1.95 bits per heavy atom. The van der Waals surface area contributed by atoms with Crippen LogP contribution in [-0.2, 0) is 0 Å². The molecular weight excluding hydrogens is 242 g/mol. The van der Waals surface area contributed by atoms with E-state index < -0.39 is 0 Å². The molecule has 1 rings (SSSR count). The summed E-state index contributed by atoms with van der Waals surface area (Å²) in [4.78, 5) is 0. The fraction of sp³-hybridized carbons (Fsp3) is 0.895. The number of hydrogen-bond donors (Lipinski definition) is 1. The lowest BCUT2D eigenvalue weighted by molar-refractivity contribution is 0.0917. The minimum absolute atomic E-state index is 0.464. The van der Waals surface area contributed by atoms with Crippen LogP contribution in [0.5, 0.6) is 0 Å². The molecule has 1 saturated carbocycles. The highest BCUT2D eigenvalue weighted by molar-refractivity contribution is 4.88. The van der Waals surface area contributed by atoms with E-state index in [9.17, 15) is 0 Å². The molecule has 1 heteroatoms. The van der Waals surface area contributed by atoms with Crippen molar-refractivity contribution in [2.45, 2.75) is 72.6 Å². The van der Waals surface area contributed by atoms with Gasteiger partial charge in [-0.15, -0.1) is 12.3 Å². The van der Waals surface area contributed by atoms with Crippen LogP contribution in [0.15, 0.2) is 0 Å². The van der Waals surface area contributed by atoms with E-state index >= 15 is 0 Å². The average molecular weight is 277 g/mol. The molecule has 0 bridgehead atoms. The Bertz CT molecular complexity index is 294. The molecule has 1 fully saturated rings. The maximum Gasteiger partial charge on any atom is 0.00861 e. The number of hydrogen-bond acceptors (Lipinski definition) is 1. The predicted molar refractivity (Wildman–Crippen MR) is 89.6 cm³/mol. The molecule has 1 nitrogen and oxygen atoms in total. The standard InChI is InChI=1S/C19H35N/c1-6-8-9-10-16-14-18(19(3,4)5)12-11-17(16)15-20-13-7-2/h1,16-18,20H,7-15H2,2-5H3. The van der Waals surface area contributed by atoms with Crippen molar-refractivity contribution in [1.82, 2.24) is 5.32 Å². The highest BCUT2D eigenvalue weighted by Gasteiger charge is 2.35. The second kappa shape index (κ2) is 8.73. The molecular formula is C19H35N. The second-order valence-corrected chi connectivity index (χ2v) is 7.70. The van der Waals surface area contributed by atoms with E-state index in [0.29, 0.717) is 5.41 Å². The summed E-state index contributed by atoms with van der Waals surface area (Å²) in [5.74, 6) is 5.44. The van der Waals surface area contributed by atoms with E-state index in [-0.39, 0.29) is 0 Å². The third kappa shape index (κ3) is 5.88. The van der Waals surface area contributed by atoms with Gasteiger partial charge in [0.05, 0.1) is 0 Å². The molecule has 0 aromatic carbocycles. The largest absolute Gasteiger partial charge is 0.316 e. The van der Waals surface area contributed by atoms with Crippen LogP contribution < -0.4 is 5.32 Å². The van der Waals surface area contributed by atoms with Gasteiger partial charge in [-0.05, 0) is 74.8 Å². The Hall–Kier alpha value is -0.480. The summed E-state index contributed by atoms with van der Waals surface area (Å²) in [6.07, 6.45) is 14.4. The Balaban J connectivity index is 2.53. The average Bonchev–Trinajstić information content (AvgIpc) is 2.39. The first-order chi connectivity index (χ1) is 9.49. The molecule has 0 radical (unpaired) electrons. The molecule has 0 spiro atoms. The molecule has 1 aliphatic carbocycles. The van der Waals surface area contributed by atoms with E-state index in [1.807, 2.05) is 0 Å². The quantitative estimate of drug-likeness (QED) is 0.517. The summed E-state index contributed by atoms with van der Waals surface area (Å²) in [7, 11) is 0. The zero-order valence-electron chi connectivity index (χ0n) is 14.2. The molecule has 0 aliphatic heterocycles. The van der Waals surface area contributed by atoms with Crippen molar-refractivity contribution >= 4 is 0 Å². The summed E-state index contributed by atoms with van der Waals surface area (Å²) >= 11 is 0. The predicted octanol–water partition coefficient (Wildman–Crippen LogP) is 4.87. The van der Waals surface area contributed by atoms with Crippen molar-refractivity contribution in [2.24, 2.45) is 23.2 Å². The molecule has 0 aromatic heterocycles. The highest BCUT2D eigenvalue weighted by atomic mass is 14.9. The van der Waals surface area contributed by atoms with Crippen molar-refractivity contribution in [3.05, 3.63) is 0 Å². The Morgan fingerprint density at radius 3 is 2.55 bits per heavy atom. The van der Waals surface area contributed by atoms with Crippen LogP contribution in [0, 0.1) is 35.5 Å². The highest BCUT2D eigenvalue weighted by Crippen LogP contribution is 2.44. The lowest BCUT2D eigenvalue weighted by Gasteiger charge is -2.42. The van der Waals surface area contributed by atoms with E-state index in [1.165, 1.54) is 45.1 Å². The third-order valence-corrected chi connectivity index (χ3v) is 5.09. The first kappa shape index (κ1) is 17.6. The second-order valence-electron chi connectivity index (χ2n) is 7.70. The molecule has 3 unspecified atom stereocenters. The molecule has 1 aliphatic rings. The van der Waals surface area contributed by atoms with Crippen LogP contribution >= 0.6 is 0 Å². The van der Waals surface area contributed by atoms with Gasteiger partial charge in [0, 0.05) is 6.42 Å². The normalized spacial score (nSPS) is 27.2. The zero-order valence-corrected chi connectivity index (χ0v) is 14.2. The maximum absolute atomic E-state index is 5.41. The van der Waals surface area contributed by atoms with Gasteiger partial charge in [-0.1, -0.05) is 27.7 Å². The molecule has 20 heavy (non-hydrogen) atoms. The van der Waals surface area contributed by atoms with Gasteiger partial charge in [-0.2, -0.15) is 0 Å². The fourth-order valence-electron chi connectivity index (χ4n) is 3.67.